The Morgan fingerprint density at radius 3 is 1.70 bits per heavy atom. The Kier molecular flexibility index (Phi) is 5.66. The maximum absolute atomic E-state index is 9.29. The van der Waals surface area contributed by atoms with Gasteiger partial charge >= 0.3 is 0 Å². The molecule has 0 atom stereocenters. The number of hydrogen-bond acceptors (Lipinski definition) is 3. The second-order valence-corrected chi connectivity index (χ2v) is 12.7. The molecule has 10 rings (SSSR count). The van der Waals surface area contributed by atoms with Gasteiger partial charge in [-0.25, -0.2) is 15.0 Å². The molecule has 8 aromatic carbocycles. The van der Waals surface area contributed by atoms with E-state index in [-0.39, 0.29) is 33.9 Å². The molecule has 0 saturated carbocycles. The lowest BCUT2D eigenvalue weighted by molar-refractivity contribution is 1.07. The Morgan fingerprint density at radius 2 is 0.943 bits per heavy atom. The molecule has 0 spiro atoms. The molecule has 4 heteroatoms. The van der Waals surface area contributed by atoms with Gasteiger partial charge in [0.15, 0.2) is 17.5 Å². The summed E-state index contributed by atoms with van der Waals surface area (Å²) in [6, 6.07) is 43.4. The molecule has 2 aromatic heterocycles. The van der Waals surface area contributed by atoms with Crippen molar-refractivity contribution < 1.29 is 11.0 Å². The monoisotopic (exact) mass is 684 g/mol. The summed E-state index contributed by atoms with van der Waals surface area (Å²) in [4.78, 5) is 15.1. The van der Waals surface area contributed by atoms with E-state index < -0.39 is 36.3 Å². The molecule has 0 amide bonds. The Balaban J connectivity index is 1.33. The highest BCUT2D eigenvalue weighted by Gasteiger charge is 2.19. The SMILES string of the molecule is [2H]c1c([2H])c([2H])c2c(c1[2H])c1c([2H])c([2H])c([2H])c([2H])c1n2-c1cc(-c2nc(-c3ccccc3)nc(-c3cccc4ccccc34)n2)ccc1-c1cccc(-c2ccccc2)c1. The molecule has 0 bridgehead atoms. The van der Waals surface area contributed by atoms with E-state index in [4.69, 9.17) is 23.2 Å². The van der Waals surface area contributed by atoms with Gasteiger partial charge in [0, 0.05) is 33.0 Å². The van der Waals surface area contributed by atoms with Crippen molar-refractivity contribution in [3.8, 4) is 62.1 Å². The number of benzene rings is 8. The molecule has 2 heterocycles. The third-order valence-corrected chi connectivity index (χ3v) is 9.51. The van der Waals surface area contributed by atoms with Gasteiger partial charge in [0.05, 0.1) is 27.7 Å². The molecule has 0 unspecified atom stereocenters. The average Bonchev–Trinajstić information content (AvgIpc) is 3.68. The molecule has 0 radical (unpaired) electrons. The summed E-state index contributed by atoms with van der Waals surface area (Å²) in [7, 11) is 0. The fourth-order valence-corrected chi connectivity index (χ4v) is 7.02. The van der Waals surface area contributed by atoms with E-state index in [1.807, 2.05) is 146 Å². The number of para-hydroxylation sites is 2. The number of rotatable bonds is 6. The first-order chi connectivity index (χ1) is 29.6. The van der Waals surface area contributed by atoms with Crippen LogP contribution in [0.3, 0.4) is 0 Å². The van der Waals surface area contributed by atoms with Gasteiger partial charge in [0.2, 0.25) is 0 Å². The van der Waals surface area contributed by atoms with Crippen LogP contribution in [-0.2, 0) is 0 Å². The third-order valence-electron chi connectivity index (χ3n) is 9.51. The first-order valence-electron chi connectivity index (χ1n) is 21.2. The highest BCUT2D eigenvalue weighted by molar-refractivity contribution is 6.10. The molecule has 0 saturated heterocycles. The van der Waals surface area contributed by atoms with Crippen molar-refractivity contribution in [2.45, 2.75) is 0 Å². The van der Waals surface area contributed by atoms with E-state index in [2.05, 4.69) is 0 Å². The zero-order valence-electron chi connectivity index (χ0n) is 36.1. The highest BCUT2D eigenvalue weighted by Crippen LogP contribution is 2.39. The first-order valence-corrected chi connectivity index (χ1v) is 17.2. The first kappa shape index (κ1) is 23.3. The Bertz CT molecular complexity index is 3330. The van der Waals surface area contributed by atoms with Crippen molar-refractivity contribution in [3.05, 3.63) is 194 Å². The van der Waals surface area contributed by atoms with E-state index in [1.54, 1.807) is 4.57 Å². The zero-order chi connectivity index (χ0) is 42.1. The molecule has 0 fully saturated rings. The fourth-order valence-electron chi connectivity index (χ4n) is 7.02. The van der Waals surface area contributed by atoms with E-state index in [1.165, 1.54) is 0 Å². The zero-order valence-corrected chi connectivity index (χ0v) is 28.1. The van der Waals surface area contributed by atoms with E-state index in [9.17, 15) is 2.74 Å². The number of fused-ring (bicyclic) bond motifs is 4. The minimum absolute atomic E-state index is 0.00726. The average molecular weight is 685 g/mol. The number of nitrogens with zero attached hydrogens (tertiary/aromatic N) is 4. The van der Waals surface area contributed by atoms with Crippen LogP contribution in [0.15, 0.2) is 194 Å². The van der Waals surface area contributed by atoms with Gasteiger partial charge < -0.3 is 4.57 Å². The molecule has 0 aliphatic carbocycles. The van der Waals surface area contributed by atoms with Crippen molar-refractivity contribution in [2.24, 2.45) is 0 Å². The molecule has 248 valence electrons. The maximum Gasteiger partial charge on any atom is 0.164 e. The van der Waals surface area contributed by atoms with Crippen molar-refractivity contribution >= 4 is 32.6 Å². The second kappa shape index (κ2) is 12.9. The summed E-state index contributed by atoms with van der Waals surface area (Å²) < 4.78 is 73.1. The molecule has 0 aliphatic heterocycles. The van der Waals surface area contributed by atoms with E-state index in [0.717, 1.165) is 38.6 Å². The number of aromatic nitrogens is 4. The normalized spacial score (nSPS) is 13.5. The van der Waals surface area contributed by atoms with Crippen molar-refractivity contribution in [2.75, 3.05) is 0 Å². The molecule has 0 N–H and O–H groups in total. The lowest BCUT2D eigenvalue weighted by Crippen LogP contribution is -2.02. The summed E-state index contributed by atoms with van der Waals surface area (Å²) in [5, 5.41) is 1.97. The van der Waals surface area contributed by atoms with Crippen LogP contribution in [0.5, 0.6) is 0 Å². The van der Waals surface area contributed by atoms with Crippen LogP contribution in [0.1, 0.15) is 11.0 Å². The molecular formula is C49H32N4. The third kappa shape index (κ3) is 5.45. The van der Waals surface area contributed by atoms with Crippen LogP contribution >= 0.6 is 0 Å². The Morgan fingerprint density at radius 1 is 0.377 bits per heavy atom. The summed E-state index contributed by atoms with van der Waals surface area (Å²) >= 11 is 0. The van der Waals surface area contributed by atoms with Gasteiger partial charge in [0.1, 0.15) is 0 Å². The summed E-state index contributed by atoms with van der Waals surface area (Å²) in [6.45, 7) is 0. The topological polar surface area (TPSA) is 43.6 Å². The molecule has 53 heavy (non-hydrogen) atoms. The van der Waals surface area contributed by atoms with Crippen LogP contribution in [-0.4, -0.2) is 19.5 Å². The minimum Gasteiger partial charge on any atom is -0.309 e. The van der Waals surface area contributed by atoms with Crippen LogP contribution in [0, 0.1) is 0 Å². The summed E-state index contributed by atoms with van der Waals surface area (Å²) in [5.74, 6) is 1.21. The standard InChI is InChI=1S/C49H32N4/c1-3-15-33(16-4-1)36-21-13-22-37(31-36)40-30-29-38(32-46(40)53-44-27-11-9-24-41(44)42-25-10-12-28-45(42)53)48-50-47(35-18-5-2-6-19-35)51-49(52-48)43-26-14-20-34-17-7-8-23-39(34)43/h1-32H/i9D,10D,11D,12D,24D,25D,27D,28D. The molecule has 10 aromatic rings. The molecule has 0 aliphatic rings. The van der Waals surface area contributed by atoms with Gasteiger partial charge in [-0.15, -0.1) is 0 Å². The minimum atomic E-state index is -0.506. The lowest BCUT2D eigenvalue weighted by Gasteiger charge is -2.17. The quantitative estimate of drug-likeness (QED) is 0.175. The smallest absolute Gasteiger partial charge is 0.164 e. The van der Waals surface area contributed by atoms with Crippen LogP contribution in [0.2, 0.25) is 0 Å². The van der Waals surface area contributed by atoms with Gasteiger partial charge in [-0.2, -0.15) is 0 Å². The van der Waals surface area contributed by atoms with Crippen LogP contribution < -0.4 is 0 Å². The molecular weight excluding hydrogens is 645 g/mol. The second-order valence-electron chi connectivity index (χ2n) is 12.7. The van der Waals surface area contributed by atoms with Crippen molar-refractivity contribution in [3.63, 3.8) is 0 Å². The van der Waals surface area contributed by atoms with Crippen LogP contribution in [0.25, 0.3) is 94.7 Å². The molecule has 4 nitrogen and oxygen atoms in total. The van der Waals surface area contributed by atoms with E-state index >= 15 is 0 Å². The van der Waals surface area contributed by atoms with Gasteiger partial charge in [-0.05, 0) is 51.7 Å². The van der Waals surface area contributed by atoms with Gasteiger partial charge in [-0.1, -0.05) is 170 Å². The highest BCUT2D eigenvalue weighted by atomic mass is 15.0. The predicted molar refractivity (Wildman–Crippen MR) is 219 cm³/mol. The predicted octanol–water partition coefficient (Wildman–Crippen LogP) is 12.5. The largest absolute Gasteiger partial charge is 0.309 e. The van der Waals surface area contributed by atoms with Gasteiger partial charge in [0.25, 0.3) is 0 Å². The van der Waals surface area contributed by atoms with Gasteiger partial charge in [-0.3, -0.25) is 0 Å². The number of hydrogen-bond donors (Lipinski definition) is 0. The fraction of sp³-hybridized carbons (Fsp3) is 0. The Labute approximate surface area is 318 Å². The van der Waals surface area contributed by atoms with Crippen LogP contribution in [0.4, 0.5) is 0 Å². The van der Waals surface area contributed by atoms with Crippen molar-refractivity contribution in [1.82, 2.24) is 19.5 Å². The lowest BCUT2D eigenvalue weighted by atomic mass is 9.96. The summed E-state index contributed by atoms with van der Waals surface area (Å²) in [5.41, 5.74) is 5.86. The summed E-state index contributed by atoms with van der Waals surface area (Å²) in [6.07, 6.45) is 0. The Hall–Kier alpha value is -7.17. The maximum atomic E-state index is 9.29. The van der Waals surface area contributed by atoms with E-state index in [0.29, 0.717) is 34.3 Å². The van der Waals surface area contributed by atoms with Crippen molar-refractivity contribution in [1.29, 1.82) is 0 Å².